The Balaban J connectivity index is 2.14. The minimum absolute atomic E-state index is 0.399. The predicted octanol–water partition coefficient (Wildman–Crippen LogP) is 3.17. The van der Waals surface area contributed by atoms with Crippen LogP contribution in [0.25, 0.3) is 0 Å². The van der Waals surface area contributed by atoms with Crippen LogP contribution in [0.1, 0.15) is 53.0 Å². The van der Waals surface area contributed by atoms with Crippen LogP contribution in [-0.4, -0.2) is 37.9 Å². The molecule has 2 rings (SSSR count). The molecule has 1 heterocycles. The third-order valence-electron chi connectivity index (χ3n) is 4.80. The van der Waals surface area contributed by atoms with Gasteiger partial charge in [-0.2, -0.15) is 0 Å². The minimum atomic E-state index is -0.477. The van der Waals surface area contributed by atoms with E-state index in [2.05, 4.69) is 12.2 Å². The van der Waals surface area contributed by atoms with Crippen LogP contribution in [-0.2, 0) is 14.0 Å². The van der Waals surface area contributed by atoms with Crippen molar-refractivity contribution in [3.8, 4) is 0 Å². The van der Waals surface area contributed by atoms with Crippen molar-refractivity contribution < 1.29 is 14.0 Å². The highest BCUT2D eigenvalue weighted by molar-refractivity contribution is 6.63. The lowest BCUT2D eigenvalue weighted by atomic mass is 9.75. The third-order valence-corrected chi connectivity index (χ3v) is 4.80. The lowest BCUT2D eigenvalue weighted by molar-refractivity contribution is 0.00578. The molecular weight excluding hydrogens is 303 g/mol. The maximum absolute atomic E-state index is 7.82. The summed E-state index contributed by atoms with van der Waals surface area (Å²) in [7, 11) is -0.477. The molecule has 1 aliphatic rings. The fraction of sp³-hybridized carbons (Fsp3) is 0.611. The molecule has 1 aromatic rings. The Hall–Kier alpha value is -1.37. The van der Waals surface area contributed by atoms with Crippen molar-refractivity contribution in [1.82, 2.24) is 0 Å². The van der Waals surface area contributed by atoms with Crippen LogP contribution >= 0.6 is 0 Å². The molecular formula is C18H29BN2O3. The molecule has 0 radical (unpaired) electrons. The normalized spacial score (nSPS) is 18.6. The minimum Gasteiger partial charge on any atom is -0.399 e. The zero-order valence-corrected chi connectivity index (χ0v) is 15.4. The van der Waals surface area contributed by atoms with Crippen LogP contribution in [0.3, 0.4) is 0 Å². The van der Waals surface area contributed by atoms with E-state index in [0.717, 1.165) is 36.2 Å². The van der Waals surface area contributed by atoms with Crippen LogP contribution < -0.4 is 10.8 Å². The quantitative estimate of drug-likeness (QED) is 0.332. The van der Waals surface area contributed by atoms with Crippen molar-refractivity contribution in [2.75, 3.05) is 18.7 Å². The smallest absolute Gasteiger partial charge is 0.399 e. The standard InChI is InChI=1S/C18H29BN2O3/c1-6-7-11-22-13-21-16-10-8-9-15(14(16)12-20)19-23-17(2,3)18(4,5)24-19/h8-10,12,20-21H,6-7,11,13H2,1-5H3. The first-order valence-electron chi connectivity index (χ1n) is 8.63. The van der Waals surface area contributed by atoms with Gasteiger partial charge in [0.25, 0.3) is 0 Å². The highest BCUT2D eigenvalue weighted by atomic mass is 16.7. The summed E-state index contributed by atoms with van der Waals surface area (Å²) in [5.74, 6) is 0. The molecule has 0 unspecified atom stereocenters. The van der Waals surface area contributed by atoms with E-state index in [9.17, 15) is 0 Å². The Bertz CT molecular complexity index is 559. The second-order valence-corrected chi connectivity index (χ2v) is 7.12. The van der Waals surface area contributed by atoms with Gasteiger partial charge in [-0.15, -0.1) is 0 Å². The summed E-state index contributed by atoms with van der Waals surface area (Å²) in [4.78, 5) is 0. The van der Waals surface area contributed by atoms with Gasteiger partial charge in [0, 0.05) is 24.1 Å². The van der Waals surface area contributed by atoms with E-state index in [1.807, 2.05) is 45.9 Å². The molecule has 0 aliphatic carbocycles. The van der Waals surface area contributed by atoms with E-state index in [4.69, 9.17) is 19.5 Å². The van der Waals surface area contributed by atoms with E-state index < -0.39 is 18.3 Å². The van der Waals surface area contributed by atoms with E-state index in [1.165, 1.54) is 6.21 Å². The number of hydrogen-bond acceptors (Lipinski definition) is 5. The number of benzene rings is 1. The van der Waals surface area contributed by atoms with Gasteiger partial charge >= 0.3 is 7.12 Å². The zero-order valence-electron chi connectivity index (χ0n) is 15.4. The highest BCUT2D eigenvalue weighted by Crippen LogP contribution is 2.36. The van der Waals surface area contributed by atoms with Gasteiger partial charge in [0.1, 0.15) is 6.73 Å². The molecule has 0 amide bonds. The predicted molar refractivity (Wildman–Crippen MR) is 99.4 cm³/mol. The first kappa shape index (κ1) is 19.0. The van der Waals surface area contributed by atoms with Crippen LogP contribution in [0.2, 0.25) is 0 Å². The molecule has 24 heavy (non-hydrogen) atoms. The molecule has 1 fully saturated rings. The summed E-state index contributed by atoms with van der Waals surface area (Å²) in [6, 6.07) is 5.84. The van der Waals surface area contributed by atoms with E-state index in [-0.39, 0.29) is 0 Å². The Morgan fingerprint density at radius 2 is 1.88 bits per heavy atom. The van der Waals surface area contributed by atoms with Crippen molar-refractivity contribution in [1.29, 1.82) is 5.41 Å². The molecule has 5 nitrogen and oxygen atoms in total. The molecule has 2 N–H and O–H groups in total. The van der Waals surface area contributed by atoms with Crippen molar-refractivity contribution in [2.45, 2.75) is 58.7 Å². The topological polar surface area (TPSA) is 63.6 Å². The summed E-state index contributed by atoms with van der Waals surface area (Å²) in [6.45, 7) is 11.4. The first-order valence-corrected chi connectivity index (χ1v) is 8.63. The van der Waals surface area contributed by atoms with Gasteiger partial charge < -0.3 is 24.8 Å². The Labute approximate surface area is 145 Å². The van der Waals surface area contributed by atoms with Gasteiger partial charge in [0.2, 0.25) is 0 Å². The Kier molecular flexibility index (Phi) is 6.07. The van der Waals surface area contributed by atoms with Crippen molar-refractivity contribution in [3.63, 3.8) is 0 Å². The van der Waals surface area contributed by atoms with Crippen LogP contribution in [0.5, 0.6) is 0 Å². The van der Waals surface area contributed by atoms with E-state index >= 15 is 0 Å². The molecule has 132 valence electrons. The maximum atomic E-state index is 7.82. The highest BCUT2D eigenvalue weighted by Gasteiger charge is 2.52. The largest absolute Gasteiger partial charge is 0.495 e. The lowest BCUT2D eigenvalue weighted by Crippen LogP contribution is -2.41. The van der Waals surface area contributed by atoms with Crippen LogP contribution in [0.15, 0.2) is 18.2 Å². The van der Waals surface area contributed by atoms with E-state index in [0.29, 0.717) is 6.73 Å². The average Bonchev–Trinajstić information content (AvgIpc) is 2.74. The first-order chi connectivity index (χ1) is 11.3. The Morgan fingerprint density at radius 3 is 2.46 bits per heavy atom. The molecule has 0 bridgehead atoms. The monoisotopic (exact) mass is 332 g/mol. The SMILES string of the molecule is CCCCOCNc1cccc(B2OC(C)(C)C(C)(C)O2)c1C=N. The number of nitrogens with one attached hydrogen (secondary N) is 2. The van der Waals surface area contributed by atoms with Gasteiger partial charge in [-0.3, -0.25) is 0 Å². The fourth-order valence-electron chi connectivity index (χ4n) is 2.52. The molecule has 1 aliphatic heterocycles. The number of unbranched alkanes of at least 4 members (excludes halogenated alkanes) is 1. The molecule has 0 aromatic heterocycles. The second kappa shape index (κ2) is 7.68. The molecule has 1 saturated heterocycles. The summed E-state index contributed by atoms with van der Waals surface area (Å²) < 4.78 is 17.8. The van der Waals surface area contributed by atoms with Gasteiger partial charge in [-0.1, -0.05) is 25.5 Å². The average molecular weight is 332 g/mol. The second-order valence-electron chi connectivity index (χ2n) is 7.12. The van der Waals surface area contributed by atoms with Gasteiger partial charge in [-0.05, 0) is 45.6 Å². The fourth-order valence-corrected chi connectivity index (χ4v) is 2.52. The molecule has 6 heteroatoms. The molecule has 0 saturated carbocycles. The van der Waals surface area contributed by atoms with Crippen LogP contribution in [0.4, 0.5) is 5.69 Å². The summed E-state index contributed by atoms with van der Waals surface area (Å²) >= 11 is 0. The zero-order chi connectivity index (χ0) is 17.8. The van der Waals surface area contributed by atoms with Crippen molar-refractivity contribution in [3.05, 3.63) is 23.8 Å². The number of anilines is 1. The number of hydrogen-bond donors (Lipinski definition) is 2. The molecule has 1 aromatic carbocycles. The van der Waals surface area contributed by atoms with Gasteiger partial charge in [0.15, 0.2) is 0 Å². The molecule has 0 spiro atoms. The summed E-state index contributed by atoms with van der Waals surface area (Å²) in [5.41, 5.74) is 1.69. The van der Waals surface area contributed by atoms with Crippen LogP contribution in [0, 0.1) is 5.41 Å². The van der Waals surface area contributed by atoms with E-state index in [1.54, 1.807) is 0 Å². The summed E-state index contributed by atoms with van der Waals surface area (Å²) in [6.07, 6.45) is 3.50. The summed E-state index contributed by atoms with van der Waals surface area (Å²) in [5, 5.41) is 11.1. The Morgan fingerprint density at radius 1 is 1.21 bits per heavy atom. The maximum Gasteiger partial charge on any atom is 0.495 e. The van der Waals surface area contributed by atoms with Gasteiger partial charge in [0.05, 0.1) is 11.2 Å². The van der Waals surface area contributed by atoms with Gasteiger partial charge in [-0.25, -0.2) is 0 Å². The van der Waals surface area contributed by atoms with Crippen molar-refractivity contribution >= 4 is 24.5 Å². The number of ether oxygens (including phenoxy) is 1. The van der Waals surface area contributed by atoms with Crippen molar-refractivity contribution in [2.24, 2.45) is 0 Å². The lowest BCUT2D eigenvalue weighted by Gasteiger charge is -2.32. The third kappa shape index (κ3) is 3.99. The molecule has 0 atom stereocenters. The number of rotatable bonds is 8.